The summed E-state index contributed by atoms with van der Waals surface area (Å²) in [4.78, 5) is 16.1. The molecule has 0 saturated carbocycles. The molecule has 3 rings (SSSR count). The van der Waals surface area contributed by atoms with Crippen LogP contribution in [0, 0.1) is 0 Å². The molecule has 1 amide bonds. The van der Waals surface area contributed by atoms with Crippen LogP contribution in [-0.2, 0) is 23.4 Å². The molecule has 0 fully saturated rings. The molecule has 0 atom stereocenters. The van der Waals surface area contributed by atoms with E-state index in [0.717, 1.165) is 23.2 Å². The van der Waals surface area contributed by atoms with E-state index in [1.165, 1.54) is 12.1 Å². The van der Waals surface area contributed by atoms with Crippen LogP contribution < -0.4 is 5.32 Å². The van der Waals surface area contributed by atoms with Crippen LogP contribution in [0.4, 0.5) is 8.78 Å². The molecule has 0 aliphatic carbocycles. The minimum atomic E-state index is -4.67. The number of alkyl halides is 2. The number of halogens is 2. The van der Waals surface area contributed by atoms with Crippen molar-refractivity contribution in [3.63, 3.8) is 0 Å². The van der Waals surface area contributed by atoms with E-state index in [1.807, 2.05) is 35.9 Å². The lowest BCUT2D eigenvalue weighted by atomic mass is 10.2. The van der Waals surface area contributed by atoms with Gasteiger partial charge in [0.1, 0.15) is 5.82 Å². The lowest BCUT2D eigenvalue weighted by Crippen LogP contribution is -2.24. The Labute approximate surface area is 148 Å². The number of imidazole rings is 1. The van der Waals surface area contributed by atoms with Crippen molar-refractivity contribution in [2.24, 2.45) is 7.05 Å². The topological polar surface area (TPSA) is 81.1 Å². The number of hydrogen-bond acceptors (Lipinski definition) is 4. The van der Waals surface area contributed by atoms with Crippen molar-refractivity contribution in [3.05, 3.63) is 59.9 Å². The van der Waals surface area contributed by atoms with E-state index in [0.29, 0.717) is 5.82 Å². The second-order valence-corrected chi connectivity index (χ2v) is 7.51. The predicted octanol–water partition coefficient (Wildman–Crippen LogP) is 2.50. The van der Waals surface area contributed by atoms with Crippen molar-refractivity contribution in [3.8, 4) is 0 Å². The Kier molecular flexibility index (Phi) is 4.73. The molecule has 0 aliphatic heterocycles. The number of aromatic nitrogens is 2. The van der Waals surface area contributed by atoms with Crippen LogP contribution in [0.25, 0.3) is 11.0 Å². The number of rotatable bonds is 5. The van der Waals surface area contributed by atoms with E-state index in [2.05, 4.69) is 10.3 Å². The average Bonchev–Trinajstić information content (AvgIpc) is 2.96. The number of nitrogens with one attached hydrogen (secondary N) is 1. The number of amides is 1. The van der Waals surface area contributed by atoms with Crippen LogP contribution in [0.15, 0.2) is 53.4 Å². The number of sulfone groups is 1. The van der Waals surface area contributed by atoms with E-state index in [9.17, 15) is 22.0 Å². The fourth-order valence-corrected chi connectivity index (χ4v) is 3.23. The van der Waals surface area contributed by atoms with Gasteiger partial charge in [0.2, 0.25) is 9.84 Å². The maximum absolute atomic E-state index is 12.5. The summed E-state index contributed by atoms with van der Waals surface area (Å²) in [5, 5.41) is 2.68. The first-order chi connectivity index (χ1) is 12.3. The quantitative estimate of drug-likeness (QED) is 0.739. The first kappa shape index (κ1) is 18.0. The van der Waals surface area contributed by atoms with Crippen molar-refractivity contribution >= 4 is 26.8 Å². The van der Waals surface area contributed by atoms with Gasteiger partial charge in [-0.2, -0.15) is 8.78 Å². The third-order valence-corrected chi connectivity index (χ3v) is 5.36. The molecule has 0 radical (unpaired) electrons. The number of fused-ring (bicyclic) bond motifs is 1. The molecule has 136 valence electrons. The third kappa shape index (κ3) is 3.30. The van der Waals surface area contributed by atoms with Crippen molar-refractivity contribution < 1.29 is 22.0 Å². The number of hydrogen-bond donors (Lipinski definition) is 1. The van der Waals surface area contributed by atoms with E-state index in [-0.39, 0.29) is 12.1 Å². The molecule has 0 unspecified atom stereocenters. The summed E-state index contributed by atoms with van der Waals surface area (Å²) in [6, 6.07) is 11.9. The highest BCUT2D eigenvalue weighted by Gasteiger charge is 2.26. The van der Waals surface area contributed by atoms with Crippen LogP contribution >= 0.6 is 0 Å². The van der Waals surface area contributed by atoms with Gasteiger partial charge in [-0.3, -0.25) is 4.79 Å². The summed E-state index contributed by atoms with van der Waals surface area (Å²) in [7, 11) is -2.84. The lowest BCUT2D eigenvalue weighted by molar-refractivity contribution is 0.0949. The maximum atomic E-state index is 12.5. The smallest absolute Gasteiger partial charge is 0.341 e. The Balaban J connectivity index is 1.73. The second kappa shape index (κ2) is 6.83. The van der Waals surface area contributed by atoms with Crippen LogP contribution in [0.2, 0.25) is 0 Å². The zero-order valence-electron chi connectivity index (χ0n) is 13.7. The van der Waals surface area contributed by atoms with Gasteiger partial charge in [-0.1, -0.05) is 12.1 Å². The number of carbonyl (C=O) groups excluding carboxylic acids is 1. The minimum Gasteiger partial charge on any atom is -0.345 e. The first-order valence-corrected chi connectivity index (χ1v) is 9.16. The van der Waals surface area contributed by atoms with Crippen molar-refractivity contribution in [2.45, 2.75) is 17.2 Å². The summed E-state index contributed by atoms with van der Waals surface area (Å²) in [5.41, 5.74) is 1.90. The minimum absolute atomic E-state index is 0.164. The summed E-state index contributed by atoms with van der Waals surface area (Å²) in [6.07, 6.45) is 0. The molecule has 26 heavy (non-hydrogen) atoms. The van der Waals surface area contributed by atoms with Gasteiger partial charge in [0.25, 0.3) is 5.91 Å². The number of nitrogens with zero attached hydrogens (tertiary/aromatic N) is 2. The molecule has 3 aromatic rings. The fourth-order valence-electron chi connectivity index (χ4n) is 2.51. The van der Waals surface area contributed by atoms with Crippen LogP contribution in [-0.4, -0.2) is 29.6 Å². The van der Waals surface area contributed by atoms with Gasteiger partial charge in [-0.25, -0.2) is 13.4 Å². The van der Waals surface area contributed by atoms with E-state index < -0.39 is 26.4 Å². The van der Waals surface area contributed by atoms with Gasteiger partial charge in [-0.15, -0.1) is 0 Å². The van der Waals surface area contributed by atoms with Gasteiger partial charge in [0.05, 0.1) is 22.5 Å². The molecule has 1 heterocycles. The summed E-state index contributed by atoms with van der Waals surface area (Å²) in [6.45, 7) is 0.168. The van der Waals surface area contributed by atoms with Crippen LogP contribution in [0.1, 0.15) is 16.2 Å². The van der Waals surface area contributed by atoms with E-state index >= 15 is 0 Å². The maximum Gasteiger partial charge on any atom is 0.341 e. The lowest BCUT2D eigenvalue weighted by Gasteiger charge is -2.07. The Morgan fingerprint density at radius 1 is 1.15 bits per heavy atom. The van der Waals surface area contributed by atoms with Gasteiger partial charge in [0, 0.05) is 12.6 Å². The van der Waals surface area contributed by atoms with Crippen molar-refractivity contribution in [1.82, 2.24) is 14.9 Å². The van der Waals surface area contributed by atoms with Crippen LogP contribution in [0.3, 0.4) is 0 Å². The van der Waals surface area contributed by atoms with Gasteiger partial charge in [-0.05, 0) is 36.4 Å². The molecule has 1 N–H and O–H groups in total. The Bertz CT molecular complexity index is 1060. The zero-order chi connectivity index (χ0) is 18.9. The summed E-state index contributed by atoms with van der Waals surface area (Å²) in [5.74, 6) is -3.31. The number of carbonyl (C=O) groups is 1. The molecular formula is C17H15F2N3O3S. The fraction of sp³-hybridized carbons (Fsp3) is 0.176. The van der Waals surface area contributed by atoms with Gasteiger partial charge < -0.3 is 9.88 Å². The van der Waals surface area contributed by atoms with Crippen molar-refractivity contribution in [2.75, 3.05) is 0 Å². The number of benzene rings is 2. The molecule has 0 saturated heterocycles. The largest absolute Gasteiger partial charge is 0.345 e. The van der Waals surface area contributed by atoms with Gasteiger partial charge in [0.15, 0.2) is 0 Å². The summed E-state index contributed by atoms with van der Waals surface area (Å²) < 4.78 is 49.7. The van der Waals surface area contributed by atoms with Crippen LogP contribution in [0.5, 0.6) is 0 Å². The number of para-hydroxylation sites is 2. The first-order valence-electron chi connectivity index (χ1n) is 7.61. The highest BCUT2D eigenvalue weighted by molar-refractivity contribution is 7.91. The molecular weight excluding hydrogens is 364 g/mol. The van der Waals surface area contributed by atoms with E-state index in [1.54, 1.807) is 0 Å². The molecule has 6 nitrogen and oxygen atoms in total. The third-order valence-electron chi connectivity index (χ3n) is 3.97. The Morgan fingerprint density at radius 2 is 1.81 bits per heavy atom. The molecule has 0 spiro atoms. The molecule has 1 aromatic heterocycles. The zero-order valence-corrected chi connectivity index (χ0v) is 14.5. The number of aryl methyl sites for hydroxylation is 1. The Morgan fingerprint density at radius 3 is 2.42 bits per heavy atom. The highest BCUT2D eigenvalue weighted by Crippen LogP contribution is 2.19. The normalized spacial score (nSPS) is 11.8. The second-order valence-electron chi connectivity index (χ2n) is 5.59. The molecule has 0 bridgehead atoms. The average molecular weight is 379 g/mol. The standard InChI is InChI=1S/C17H15F2N3O3S/c1-22-14-5-3-2-4-13(14)21-15(22)10-20-16(23)11-6-8-12(9-7-11)26(24,25)17(18)19/h2-9,17H,10H2,1H3,(H,20,23). The highest BCUT2D eigenvalue weighted by atomic mass is 32.2. The predicted molar refractivity (Wildman–Crippen MR) is 91.5 cm³/mol. The molecule has 9 heteroatoms. The molecule has 2 aromatic carbocycles. The van der Waals surface area contributed by atoms with E-state index in [4.69, 9.17) is 0 Å². The Hall–Kier alpha value is -2.81. The summed E-state index contributed by atoms with van der Waals surface area (Å²) >= 11 is 0. The molecule has 0 aliphatic rings. The van der Waals surface area contributed by atoms with Gasteiger partial charge >= 0.3 is 5.76 Å². The van der Waals surface area contributed by atoms with Crippen molar-refractivity contribution in [1.29, 1.82) is 0 Å². The SMILES string of the molecule is Cn1c(CNC(=O)c2ccc(S(=O)(=O)C(F)F)cc2)nc2ccccc21. The monoisotopic (exact) mass is 379 g/mol.